The standard InChI is InChI=1S/C16H30OSi/c1-12(2)18(13(3)4,14(5)6)17-16-10-8-9-15(7)11-16/h9-10,12-14H,8,11H2,1-7H3. The molecule has 0 heterocycles. The van der Waals surface area contributed by atoms with Gasteiger partial charge in [0.1, 0.15) is 0 Å². The van der Waals surface area contributed by atoms with Crippen LogP contribution < -0.4 is 0 Å². The molecule has 18 heavy (non-hydrogen) atoms. The number of allylic oxidation sites excluding steroid dienone is 3. The molecule has 0 aromatic rings. The van der Waals surface area contributed by atoms with Gasteiger partial charge < -0.3 is 4.43 Å². The summed E-state index contributed by atoms with van der Waals surface area (Å²) < 4.78 is 6.69. The number of hydrogen-bond donors (Lipinski definition) is 0. The molecular weight excluding hydrogens is 236 g/mol. The first-order chi connectivity index (χ1) is 8.30. The Kier molecular flexibility index (Phi) is 5.27. The van der Waals surface area contributed by atoms with Crippen molar-refractivity contribution in [3.63, 3.8) is 0 Å². The van der Waals surface area contributed by atoms with Crippen LogP contribution in [0.3, 0.4) is 0 Å². The predicted octanol–water partition coefficient (Wildman–Crippen LogP) is 5.80. The fourth-order valence-electron chi connectivity index (χ4n) is 3.47. The Balaban J connectivity index is 2.95. The molecule has 0 aromatic carbocycles. The van der Waals surface area contributed by atoms with Crippen LogP contribution in [0.15, 0.2) is 23.5 Å². The van der Waals surface area contributed by atoms with E-state index in [0.29, 0.717) is 16.6 Å². The fourth-order valence-corrected chi connectivity index (χ4v) is 8.79. The lowest BCUT2D eigenvalue weighted by Crippen LogP contribution is -2.47. The van der Waals surface area contributed by atoms with Crippen molar-refractivity contribution >= 4 is 8.32 Å². The third-order valence-electron chi connectivity index (χ3n) is 4.28. The maximum atomic E-state index is 6.69. The molecule has 0 amide bonds. The molecule has 1 aliphatic carbocycles. The second-order valence-electron chi connectivity index (χ2n) is 6.55. The van der Waals surface area contributed by atoms with Crippen LogP contribution in [0.5, 0.6) is 0 Å². The van der Waals surface area contributed by atoms with Crippen LogP contribution >= 0.6 is 0 Å². The Morgan fingerprint density at radius 1 is 0.944 bits per heavy atom. The summed E-state index contributed by atoms with van der Waals surface area (Å²) in [6, 6.07) is 0. The van der Waals surface area contributed by atoms with Gasteiger partial charge in [-0.1, -0.05) is 53.2 Å². The molecule has 0 aliphatic heterocycles. The van der Waals surface area contributed by atoms with Gasteiger partial charge in [-0.25, -0.2) is 0 Å². The summed E-state index contributed by atoms with van der Waals surface area (Å²) in [4.78, 5) is 0. The summed E-state index contributed by atoms with van der Waals surface area (Å²) in [7, 11) is -1.74. The Hall–Kier alpha value is -0.503. The van der Waals surface area contributed by atoms with E-state index in [9.17, 15) is 0 Å². The average molecular weight is 267 g/mol. The van der Waals surface area contributed by atoms with E-state index in [-0.39, 0.29) is 0 Å². The van der Waals surface area contributed by atoms with E-state index < -0.39 is 8.32 Å². The summed E-state index contributed by atoms with van der Waals surface area (Å²) in [5.41, 5.74) is 3.42. The van der Waals surface area contributed by atoms with Crippen molar-refractivity contribution in [1.29, 1.82) is 0 Å². The minimum Gasteiger partial charge on any atom is -0.546 e. The highest BCUT2D eigenvalue weighted by Crippen LogP contribution is 2.44. The number of hydrogen-bond acceptors (Lipinski definition) is 1. The lowest BCUT2D eigenvalue weighted by atomic mass is 10.1. The van der Waals surface area contributed by atoms with Crippen molar-refractivity contribution in [2.45, 2.75) is 77.9 Å². The van der Waals surface area contributed by atoms with Gasteiger partial charge in [-0.3, -0.25) is 0 Å². The summed E-state index contributed by atoms with van der Waals surface area (Å²) in [5, 5.41) is 0. The average Bonchev–Trinajstić information content (AvgIpc) is 2.24. The Morgan fingerprint density at radius 2 is 1.44 bits per heavy atom. The molecule has 0 radical (unpaired) electrons. The van der Waals surface area contributed by atoms with E-state index in [4.69, 9.17) is 4.43 Å². The van der Waals surface area contributed by atoms with Crippen LogP contribution in [0.4, 0.5) is 0 Å². The van der Waals surface area contributed by atoms with Crippen LogP contribution in [0.2, 0.25) is 16.6 Å². The zero-order chi connectivity index (χ0) is 13.9. The van der Waals surface area contributed by atoms with Gasteiger partial charge in [-0.05, 0) is 36.0 Å². The van der Waals surface area contributed by atoms with Gasteiger partial charge in [0.25, 0.3) is 8.32 Å². The smallest absolute Gasteiger partial charge is 0.258 e. The number of rotatable bonds is 5. The molecule has 0 unspecified atom stereocenters. The first-order valence-electron chi connectivity index (χ1n) is 7.34. The minimum atomic E-state index is -1.74. The third-order valence-corrected chi connectivity index (χ3v) is 10.3. The summed E-state index contributed by atoms with van der Waals surface area (Å²) in [6.45, 7) is 16.3. The summed E-state index contributed by atoms with van der Waals surface area (Å²) in [5.74, 6) is 1.23. The first-order valence-corrected chi connectivity index (χ1v) is 9.48. The molecule has 1 aliphatic rings. The van der Waals surface area contributed by atoms with E-state index in [1.54, 1.807) is 0 Å². The van der Waals surface area contributed by atoms with Crippen LogP contribution in [0.1, 0.15) is 61.3 Å². The van der Waals surface area contributed by atoms with Crippen molar-refractivity contribution < 1.29 is 4.43 Å². The highest BCUT2D eigenvalue weighted by Gasteiger charge is 2.47. The summed E-state index contributed by atoms with van der Waals surface area (Å²) in [6.07, 6.45) is 6.64. The van der Waals surface area contributed by atoms with E-state index >= 15 is 0 Å². The van der Waals surface area contributed by atoms with Gasteiger partial charge in [0.2, 0.25) is 0 Å². The third kappa shape index (κ3) is 3.08. The lowest BCUT2D eigenvalue weighted by Gasteiger charge is -2.43. The van der Waals surface area contributed by atoms with E-state index in [2.05, 4.69) is 60.6 Å². The molecule has 1 rings (SSSR count). The summed E-state index contributed by atoms with van der Waals surface area (Å²) >= 11 is 0. The van der Waals surface area contributed by atoms with Crippen molar-refractivity contribution in [2.24, 2.45) is 0 Å². The van der Waals surface area contributed by atoms with Crippen LogP contribution in [0, 0.1) is 0 Å². The molecule has 1 nitrogen and oxygen atoms in total. The topological polar surface area (TPSA) is 9.23 Å². The minimum absolute atomic E-state index is 0.657. The lowest BCUT2D eigenvalue weighted by molar-refractivity contribution is 0.358. The molecular formula is C16H30OSi. The molecule has 0 aromatic heterocycles. The van der Waals surface area contributed by atoms with Gasteiger partial charge >= 0.3 is 0 Å². The van der Waals surface area contributed by atoms with Crippen molar-refractivity contribution in [2.75, 3.05) is 0 Å². The molecule has 2 heteroatoms. The van der Waals surface area contributed by atoms with Crippen molar-refractivity contribution in [3.8, 4) is 0 Å². The fraction of sp³-hybridized carbons (Fsp3) is 0.750. The van der Waals surface area contributed by atoms with Gasteiger partial charge in [0.15, 0.2) is 0 Å². The van der Waals surface area contributed by atoms with E-state index in [1.807, 2.05) is 0 Å². The maximum Gasteiger partial charge on any atom is 0.258 e. The Labute approximate surface area is 114 Å². The Bertz CT molecular complexity index is 315. The van der Waals surface area contributed by atoms with E-state index in [0.717, 1.165) is 12.8 Å². The Morgan fingerprint density at radius 3 is 1.83 bits per heavy atom. The van der Waals surface area contributed by atoms with Gasteiger partial charge in [-0.2, -0.15) is 0 Å². The second kappa shape index (κ2) is 6.09. The van der Waals surface area contributed by atoms with E-state index in [1.165, 1.54) is 11.3 Å². The molecule has 104 valence electrons. The largest absolute Gasteiger partial charge is 0.546 e. The van der Waals surface area contributed by atoms with Crippen LogP contribution in [0.25, 0.3) is 0 Å². The molecule has 0 atom stereocenters. The van der Waals surface area contributed by atoms with Crippen molar-refractivity contribution in [3.05, 3.63) is 23.5 Å². The van der Waals surface area contributed by atoms with Gasteiger partial charge in [0.05, 0.1) is 5.76 Å². The van der Waals surface area contributed by atoms with Crippen LogP contribution in [-0.2, 0) is 4.43 Å². The first kappa shape index (κ1) is 15.6. The zero-order valence-electron chi connectivity index (χ0n) is 13.2. The zero-order valence-corrected chi connectivity index (χ0v) is 14.2. The monoisotopic (exact) mass is 266 g/mol. The SMILES string of the molecule is CC1=CCC=C(O[Si](C(C)C)(C(C)C)C(C)C)C1. The van der Waals surface area contributed by atoms with Crippen LogP contribution in [-0.4, -0.2) is 8.32 Å². The van der Waals surface area contributed by atoms with Gasteiger partial charge in [-0.15, -0.1) is 0 Å². The van der Waals surface area contributed by atoms with Crippen molar-refractivity contribution in [1.82, 2.24) is 0 Å². The molecule has 0 N–H and O–H groups in total. The highest BCUT2D eigenvalue weighted by molar-refractivity contribution is 6.77. The highest BCUT2D eigenvalue weighted by atomic mass is 28.4. The maximum absolute atomic E-state index is 6.69. The molecule has 0 spiro atoms. The predicted molar refractivity (Wildman–Crippen MR) is 83.2 cm³/mol. The quantitative estimate of drug-likeness (QED) is 0.451. The normalized spacial score (nSPS) is 17.2. The molecule has 0 saturated heterocycles. The molecule has 0 bridgehead atoms. The van der Waals surface area contributed by atoms with Gasteiger partial charge in [0, 0.05) is 6.42 Å². The second-order valence-corrected chi connectivity index (χ2v) is 11.9. The molecule has 0 saturated carbocycles. The molecule has 0 fully saturated rings.